The monoisotopic (exact) mass is 390 g/mol. The Morgan fingerprint density at radius 2 is 1.95 bits per heavy atom. The summed E-state index contributed by atoms with van der Waals surface area (Å²) in [6.07, 6.45) is 1.02. The molecule has 0 atom stereocenters. The molecule has 1 nitrogen and oxygen atoms in total. The Morgan fingerprint density at radius 1 is 1.10 bits per heavy atom. The summed E-state index contributed by atoms with van der Waals surface area (Å²) in [6.45, 7) is 2.16. The number of aryl methyl sites for hydroxylation is 1. The van der Waals surface area contributed by atoms with E-state index in [0.717, 1.165) is 22.3 Å². The van der Waals surface area contributed by atoms with Crippen LogP contribution in [0.1, 0.15) is 22.8 Å². The molecule has 20 heavy (non-hydrogen) atoms. The SMILES string of the molecule is CCc1ccc2cc3c(I)ccc4c3c(c2c1)SC4=O. The molecule has 0 saturated heterocycles. The van der Waals surface area contributed by atoms with Crippen molar-refractivity contribution in [2.45, 2.75) is 18.2 Å². The molecule has 3 aromatic rings. The molecular weight excluding hydrogens is 379 g/mol. The van der Waals surface area contributed by atoms with Gasteiger partial charge in [-0.25, -0.2) is 0 Å². The van der Waals surface area contributed by atoms with Crippen molar-refractivity contribution < 1.29 is 4.79 Å². The van der Waals surface area contributed by atoms with Gasteiger partial charge in [-0.1, -0.05) is 25.1 Å². The van der Waals surface area contributed by atoms with Crippen LogP contribution < -0.4 is 0 Å². The first-order valence-electron chi connectivity index (χ1n) is 6.59. The lowest BCUT2D eigenvalue weighted by Crippen LogP contribution is -1.88. The van der Waals surface area contributed by atoms with E-state index in [0.29, 0.717) is 0 Å². The fraction of sp³-hybridized carbons (Fsp3) is 0.118. The van der Waals surface area contributed by atoms with Gasteiger partial charge in [0, 0.05) is 19.4 Å². The molecule has 3 heteroatoms. The van der Waals surface area contributed by atoms with Crippen LogP contribution in [0.3, 0.4) is 0 Å². The summed E-state index contributed by atoms with van der Waals surface area (Å²) < 4.78 is 1.21. The minimum Gasteiger partial charge on any atom is -0.281 e. The van der Waals surface area contributed by atoms with Crippen molar-refractivity contribution in [3.05, 3.63) is 51.1 Å². The highest BCUT2D eigenvalue weighted by atomic mass is 127. The Hall–Kier alpha value is -1.07. The van der Waals surface area contributed by atoms with E-state index in [1.165, 1.54) is 37.1 Å². The molecule has 0 fully saturated rings. The number of thioether (sulfide) groups is 1. The minimum absolute atomic E-state index is 0.177. The summed E-state index contributed by atoms with van der Waals surface area (Å²) >= 11 is 3.74. The fourth-order valence-corrected chi connectivity index (χ4v) is 4.52. The molecule has 98 valence electrons. The minimum atomic E-state index is 0.177. The average Bonchev–Trinajstić information content (AvgIpc) is 2.80. The second kappa shape index (κ2) is 4.46. The van der Waals surface area contributed by atoms with Gasteiger partial charge in [0.15, 0.2) is 0 Å². The molecule has 1 heterocycles. The Morgan fingerprint density at radius 3 is 2.75 bits per heavy atom. The Bertz CT molecular complexity index is 899. The molecule has 4 rings (SSSR count). The van der Waals surface area contributed by atoms with E-state index >= 15 is 0 Å². The second-order valence-electron chi connectivity index (χ2n) is 5.02. The predicted octanol–water partition coefficient (Wildman–Crippen LogP) is 5.41. The van der Waals surface area contributed by atoms with Crippen molar-refractivity contribution in [1.29, 1.82) is 0 Å². The lowest BCUT2D eigenvalue weighted by Gasteiger charge is -2.08. The van der Waals surface area contributed by atoms with Gasteiger partial charge >= 0.3 is 0 Å². The number of benzene rings is 3. The molecule has 3 aromatic carbocycles. The molecule has 0 unspecified atom stereocenters. The van der Waals surface area contributed by atoms with Gasteiger partial charge in [0.2, 0.25) is 5.12 Å². The highest BCUT2D eigenvalue weighted by Gasteiger charge is 2.26. The van der Waals surface area contributed by atoms with Crippen LogP contribution in [-0.2, 0) is 6.42 Å². The van der Waals surface area contributed by atoms with Gasteiger partial charge in [-0.05, 0) is 80.7 Å². The summed E-state index contributed by atoms with van der Waals surface area (Å²) in [7, 11) is 0. The van der Waals surface area contributed by atoms with E-state index in [1.54, 1.807) is 0 Å². The fourth-order valence-electron chi connectivity index (χ4n) is 2.84. The smallest absolute Gasteiger partial charge is 0.224 e. The van der Waals surface area contributed by atoms with Crippen molar-refractivity contribution in [2.75, 3.05) is 0 Å². The van der Waals surface area contributed by atoms with E-state index in [4.69, 9.17) is 0 Å². The van der Waals surface area contributed by atoms with E-state index < -0.39 is 0 Å². The number of carbonyl (C=O) groups is 1. The Labute approximate surface area is 134 Å². The quantitative estimate of drug-likeness (QED) is 0.409. The van der Waals surface area contributed by atoms with E-state index in [-0.39, 0.29) is 5.12 Å². The molecule has 0 aliphatic carbocycles. The molecule has 1 aliphatic heterocycles. The molecule has 0 saturated carbocycles. The molecule has 0 N–H and O–H groups in total. The van der Waals surface area contributed by atoms with Crippen molar-refractivity contribution in [3.63, 3.8) is 0 Å². The molecule has 0 amide bonds. The predicted molar refractivity (Wildman–Crippen MR) is 93.7 cm³/mol. The lowest BCUT2D eigenvalue weighted by molar-refractivity contribution is 0.109. The molecular formula is C17H11IOS. The first kappa shape index (κ1) is 12.7. The van der Waals surface area contributed by atoms with Crippen LogP contribution >= 0.6 is 34.4 Å². The molecule has 1 aliphatic rings. The first-order valence-corrected chi connectivity index (χ1v) is 8.48. The molecule has 0 radical (unpaired) electrons. The zero-order chi connectivity index (χ0) is 13.9. The zero-order valence-electron chi connectivity index (χ0n) is 10.9. The Kier molecular flexibility index (Phi) is 2.82. The van der Waals surface area contributed by atoms with Gasteiger partial charge in [-0.2, -0.15) is 0 Å². The maximum atomic E-state index is 12.2. The summed E-state index contributed by atoms with van der Waals surface area (Å²) in [5.74, 6) is 0. The largest absolute Gasteiger partial charge is 0.281 e. The average molecular weight is 390 g/mol. The van der Waals surface area contributed by atoms with Crippen molar-refractivity contribution in [1.82, 2.24) is 0 Å². The van der Waals surface area contributed by atoms with Crippen LogP contribution in [0.4, 0.5) is 0 Å². The standard InChI is InChI=1S/C17H11IOS/c1-2-9-3-4-10-8-13-14(18)6-5-11-15(13)16(12(10)7-9)20-17(11)19/h3-8H,2H2,1H3. The first-order chi connectivity index (χ1) is 9.69. The number of halogens is 1. The highest BCUT2D eigenvalue weighted by molar-refractivity contribution is 14.1. The van der Waals surface area contributed by atoms with Crippen molar-refractivity contribution in [3.8, 4) is 0 Å². The topological polar surface area (TPSA) is 17.1 Å². The summed E-state index contributed by atoms with van der Waals surface area (Å²) in [6, 6.07) is 12.8. The summed E-state index contributed by atoms with van der Waals surface area (Å²) in [4.78, 5) is 13.4. The zero-order valence-corrected chi connectivity index (χ0v) is 13.8. The van der Waals surface area contributed by atoms with Gasteiger partial charge in [-0.3, -0.25) is 4.79 Å². The van der Waals surface area contributed by atoms with Gasteiger partial charge in [0.1, 0.15) is 0 Å². The molecule has 0 spiro atoms. The van der Waals surface area contributed by atoms with Crippen LogP contribution in [0.15, 0.2) is 41.3 Å². The third-order valence-electron chi connectivity index (χ3n) is 3.90. The third-order valence-corrected chi connectivity index (χ3v) is 5.88. The van der Waals surface area contributed by atoms with Crippen LogP contribution in [0, 0.1) is 3.57 Å². The number of hydrogen-bond acceptors (Lipinski definition) is 2. The Balaban J connectivity index is 2.24. The molecule has 0 aromatic heterocycles. The van der Waals surface area contributed by atoms with Crippen LogP contribution in [0.2, 0.25) is 0 Å². The highest BCUT2D eigenvalue weighted by Crippen LogP contribution is 2.46. The maximum absolute atomic E-state index is 12.2. The van der Waals surface area contributed by atoms with Crippen LogP contribution in [0.5, 0.6) is 0 Å². The van der Waals surface area contributed by atoms with Crippen LogP contribution in [0.25, 0.3) is 21.5 Å². The number of fused-ring (bicyclic) bond motifs is 2. The summed E-state index contributed by atoms with van der Waals surface area (Å²) in [5.41, 5.74) is 2.18. The van der Waals surface area contributed by atoms with E-state index in [2.05, 4.69) is 53.8 Å². The van der Waals surface area contributed by atoms with Gasteiger partial charge in [0.25, 0.3) is 0 Å². The van der Waals surface area contributed by atoms with Gasteiger partial charge in [0.05, 0.1) is 0 Å². The van der Waals surface area contributed by atoms with E-state index in [1.807, 2.05) is 12.1 Å². The van der Waals surface area contributed by atoms with Crippen LogP contribution in [-0.4, -0.2) is 5.12 Å². The van der Waals surface area contributed by atoms with Crippen molar-refractivity contribution in [2.24, 2.45) is 0 Å². The lowest BCUT2D eigenvalue weighted by atomic mass is 9.98. The molecule has 0 bridgehead atoms. The number of hydrogen-bond donors (Lipinski definition) is 0. The number of rotatable bonds is 1. The van der Waals surface area contributed by atoms with Gasteiger partial charge in [-0.15, -0.1) is 0 Å². The second-order valence-corrected chi connectivity index (χ2v) is 7.17. The third kappa shape index (κ3) is 1.66. The van der Waals surface area contributed by atoms with E-state index in [9.17, 15) is 4.79 Å². The number of carbonyl (C=O) groups excluding carboxylic acids is 1. The summed E-state index contributed by atoms with van der Waals surface area (Å²) in [5, 5.41) is 4.97. The maximum Gasteiger partial charge on any atom is 0.224 e. The normalized spacial score (nSPS) is 13.6. The van der Waals surface area contributed by atoms with Crippen molar-refractivity contribution >= 4 is 61.0 Å². The van der Waals surface area contributed by atoms with Gasteiger partial charge < -0.3 is 0 Å².